The first-order chi connectivity index (χ1) is 10.5. The number of fused-ring (bicyclic) bond motifs is 1. The van der Waals surface area contributed by atoms with Crippen molar-refractivity contribution in [2.75, 3.05) is 0 Å². The topological polar surface area (TPSA) is 37.5 Å². The first-order valence-electron chi connectivity index (χ1n) is 6.47. The maximum Gasteiger partial charge on any atom is 0.437 e. The van der Waals surface area contributed by atoms with Crippen molar-refractivity contribution in [2.24, 2.45) is 5.16 Å². The smallest absolute Gasteiger partial charge is 0.410 e. The zero-order valence-corrected chi connectivity index (χ0v) is 11.2. The highest BCUT2D eigenvalue weighted by molar-refractivity contribution is 6.13. The Morgan fingerprint density at radius 3 is 2.23 bits per heavy atom. The Hall–Kier alpha value is -2.76. The summed E-state index contributed by atoms with van der Waals surface area (Å²) in [5, 5.41) is 11.6. The first-order valence-corrected chi connectivity index (χ1v) is 6.47. The van der Waals surface area contributed by atoms with Crippen molar-refractivity contribution in [1.82, 2.24) is 4.57 Å². The summed E-state index contributed by atoms with van der Waals surface area (Å²) in [5.74, 6) is 0. The Morgan fingerprint density at radius 2 is 1.59 bits per heavy atom. The molecule has 2 aromatic carbocycles. The van der Waals surface area contributed by atoms with E-state index in [4.69, 9.17) is 5.21 Å². The Morgan fingerprint density at radius 1 is 0.955 bits per heavy atom. The van der Waals surface area contributed by atoms with Crippen LogP contribution in [0.4, 0.5) is 13.2 Å². The monoisotopic (exact) mass is 304 g/mol. The van der Waals surface area contributed by atoms with Crippen LogP contribution in [0.2, 0.25) is 0 Å². The van der Waals surface area contributed by atoms with E-state index < -0.39 is 11.9 Å². The number of hydrogen-bond donors (Lipinski definition) is 1. The average Bonchev–Trinajstić information content (AvgIpc) is 2.87. The summed E-state index contributed by atoms with van der Waals surface area (Å²) in [4.78, 5) is 0. The van der Waals surface area contributed by atoms with Crippen LogP contribution in [-0.4, -0.2) is 21.7 Å². The van der Waals surface area contributed by atoms with Gasteiger partial charge in [-0.3, -0.25) is 0 Å². The van der Waals surface area contributed by atoms with Crippen molar-refractivity contribution in [3.63, 3.8) is 0 Å². The lowest BCUT2D eigenvalue weighted by atomic mass is 10.1. The van der Waals surface area contributed by atoms with Gasteiger partial charge in [0, 0.05) is 22.8 Å². The van der Waals surface area contributed by atoms with Gasteiger partial charge in [0.2, 0.25) is 0 Å². The molecule has 0 aliphatic heterocycles. The molecule has 0 saturated heterocycles. The van der Waals surface area contributed by atoms with Crippen molar-refractivity contribution >= 4 is 16.6 Å². The van der Waals surface area contributed by atoms with Crippen LogP contribution in [0.25, 0.3) is 16.6 Å². The Kier molecular flexibility index (Phi) is 3.36. The molecule has 0 unspecified atom stereocenters. The molecule has 1 heterocycles. The highest BCUT2D eigenvalue weighted by Gasteiger charge is 2.39. The van der Waals surface area contributed by atoms with Gasteiger partial charge in [-0.25, -0.2) is 0 Å². The molecule has 0 spiro atoms. The van der Waals surface area contributed by atoms with Crippen LogP contribution in [0.1, 0.15) is 5.56 Å². The zero-order chi connectivity index (χ0) is 15.7. The SMILES string of the molecule is O/N=C(\c1cn(-c2ccccc2)c2ccccc12)C(F)(F)F. The number of aromatic nitrogens is 1. The molecule has 0 aliphatic rings. The Balaban J connectivity index is 2.30. The number of para-hydroxylation sites is 2. The number of rotatable bonds is 2. The van der Waals surface area contributed by atoms with Gasteiger partial charge in [0.05, 0.1) is 5.52 Å². The normalized spacial score (nSPS) is 12.8. The second kappa shape index (κ2) is 5.22. The minimum absolute atomic E-state index is 0.158. The van der Waals surface area contributed by atoms with E-state index in [9.17, 15) is 13.2 Å². The molecule has 0 amide bonds. The van der Waals surface area contributed by atoms with E-state index in [1.54, 1.807) is 53.1 Å². The molecule has 0 fully saturated rings. The van der Waals surface area contributed by atoms with Crippen LogP contribution >= 0.6 is 0 Å². The number of hydrogen-bond acceptors (Lipinski definition) is 2. The van der Waals surface area contributed by atoms with Gasteiger partial charge in [-0.15, -0.1) is 0 Å². The van der Waals surface area contributed by atoms with Crippen LogP contribution < -0.4 is 0 Å². The predicted octanol–water partition coefficient (Wildman–Crippen LogP) is 4.37. The molecule has 3 nitrogen and oxygen atoms in total. The molecule has 0 bridgehead atoms. The highest BCUT2D eigenvalue weighted by atomic mass is 19.4. The van der Waals surface area contributed by atoms with Gasteiger partial charge in [-0.2, -0.15) is 13.2 Å². The van der Waals surface area contributed by atoms with Gasteiger partial charge in [0.25, 0.3) is 0 Å². The van der Waals surface area contributed by atoms with E-state index in [1.807, 2.05) is 6.07 Å². The maximum absolute atomic E-state index is 13.0. The lowest BCUT2D eigenvalue weighted by Gasteiger charge is -2.07. The number of benzene rings is 2. The fraction of sp³-hybridized carbons (Fsp3) is 0.0625. The zero-order valence-electron chi connectivity index (χ0n) is 11.2. The van der Waals surface area contributed by atoms with Gasteiger partial charge in [0.15, 0.2) is 5.71 Å². The fourth-order valence-corrected chi connectivity index (χ4v) is 2.43. The molecule has 6 heteroatoms. The van der Waals surface area contributed by atoms with E-state index >= 15 is 0 Å². The van der Waals surface area contributed by atoms with Crippen molar-refractivity contribution < 1.29 is 18.4 Å². The second-order valence-corrected chi connectivity index (χ2v) is 4.71. The fourth-order valence-electron chi connectivity index (χ4n) is 2.43. The average molecular weight is 304 g/mol. The van der Waals surface area contributed by atoms with Gasteiger partial charge in [0.1, 0.15) is 0 Å². The minimum atomic E-state index is -4.74. The van der Waals surface area contributed by atoms with Crippen LogP contribution in [0.15, 0.2) is 65.9 Å². The quantitative estimate of drug-likeness (QED) is 0.426. The third-order valence-corrected chi connectivity index (χ3v) is 3.37. The number of nitrogens with zero attached hydrogens (tertiary/aromatic N) is 2. The van der Waals surface area contributed by atoms with E-state index in [1.165, 1.54) is 6.20 Å². The van der Waals surface area contributed by atoms with Crippen molar-refractivity contribution in [1.29, 1.82) is 0 Å². The number of alkyl halides is 3. The highest BCUT2D eigenvalue weighted by Crippen LogP contribution is 2.30. The summed E-state index contributed by atoms with van der Waals surface area (Å²) in [6.45, 7) is 0. The molecule has 112 valence electrons. The summed E-state index contributed by atoms with van der Waals surface area (Å²) in [5.41, 5.74) is -0.133. The van der Waals surface area contributed by atoms with Crippen LogP contribution in [0.3, 0.4) is 0 Å². The summed E-state index contributed by atoms with van der Waals surface area (Å²) in [6, 6.07) is 15.7. The van der Waals surface area contributed by atoms with E-state index in [0.29, 0.717) is 10.9 Å². The minimum Gasteiger partial charge on any atom is -0.410 e. The van der Waals surface area contributed by atoms with Crippen LogP contribution in [-0.2, 0) is 0 Å². The van der Waals surface area contributed by atoms with Crippen molar-refractivity contribution in [3.05, 3.63) is 66.4 Å². The van der Waals surface area contributed by atoms with Gasteiger partial charge >= 0.3 is 6.18 Å². The van der Waals surface area contributed by atoms with Crippen molar-refractivity contribution in [2.45, 2.75) is 6.18 Å². The largest absolute Gasteiger partial charge is 0.437 e. The molecular formula is C16H11F3N2O. The van der Waals surface area contributed by atoms with Crippen LogP contribution in [0, 0.1) is 0 Å². The molecule has 3 rings (SSSR count). The molecule has 1 N–H and O–H groups in total. The first kappa shape index (κ1) is 14.2. The standard InChI is InChI=1S/C16H11F3N2O/c17-16(18,19)15(20-22)13-10-21(11-6-2-1-3-7-11)14-9-5-4-8-12(13)14/h1-10,22H/b20-15+. The van der Waals surface area contributed by atoms with E-state index in [2.05, 4.69) is 5.16 Å². The Labute approximate surface area is 123 Å². The third kappa shape index (κ3) is 2.32. The summed E-state index contributed by atoms with van der Waals surface area (Å²) in [6.07, 6.45) is -3.40. The molecular weight excluding hydrogens is 293 g/mol. The lowest BCUT2D eigenvalue weighted by Crippen LogP contribution is -2.23. The van der Waals surface area contributed by atoms with E-state index in [-0.39, 0.29) is 5.56 Å². The molecule has 0 atom stereocenters. The maximum atomic E-state index is 13.0. The molecule has 3 aromatic rings. The Bertz CT molecular complexity index is 835. The molecule has 0 aliphatic carbocycles. The predicted molar refractivity (Wildman–Crippen MR) is 77.7 cm³/mol. The third-order valence-electron chi connectivity index (χ3n) is 3.37. The lowest BCUT2D eigenvalue weighted by molar-refractivity contribution is -0.0600. The number of oxime groups is 1. The van der Waals surface area contributed by atoms with Crippen LogP contribution in [0.5, 0.6) is 0 Å². The summed E-state index contributed by atoms with van der Waals surface area (Å²) in [7, 11) is 0. The molecule has 1 aromatic heterocycles. The number of halogens is 3. The van der Waals surface area contributed by atoms with Gasteiger partial charge in [-0.05, 0) is 18.2 Å². The van der Waals surface area contributed by atoms with Gasteiger partial charge < -0.3 is 9.77 Å². The van der Waals surface area contributed by atoms with E-state index in [0.717, 1.165) is 5.69 Å². The second-order valence-electron chi connectivity index (χ2n) is 4.71. The summed E-state index contributed by atoms with van der Waals surface area (Å²) < 4.78 is 40.8. The van der Waals surface area contributed by atoms with Gasteiger partial charge in [-0.1, -0.05) is 41.6 Å². The molecule has 22 heavy (non-hydrogen) atoms. The van der Waals surface area contributed by atoms with Crippen molar-refractivity contribution in [3.8, 4) is 5.69 Å². The molecule has 0 saturated carbocycles. The molecule has 0 radical (unpaired) electrons. The summed E-state index contributed by atoms with van der Waals surface area (Å²) >= 11 is 0.